The van der Waals surface area contributed by atoms with Gasteiger partial charge >= 0.3 is 0 Å². The van der Waals surface area contributed by atoms with Crippen molar-refractivity contribution in [3.63, 3.8) is 0 Å². The van der Waals surface area contributed by atoms with E-state index in [9.17, 15) is 10.2 Å². The predicted molar refractivity (Wildman–Crippen MR) is 67.4 cm³/mol. The summed E-state index contributed by atoms with van der Waals surface area (Å²) in [6.07, 6.45) is 1.51. The molecule has 0 spiro atoms. The topological polar surface area (TPSA) is 119 Å². The van der Waals surface area contributed by atoms with Crippen molar-refractivity contribution in [3.8, 4) is 0 Å². The van der Waals surface area contributed by atoms with Gasteiger partial charge in [-0.25, -0.2) is 4.98 Å². The van der Waals surface area contributed by atoms with Crippen molar-refractivity contribution in [2.24, 2.45) is 0 Å². The number of nitrogens with zero attached hydrogens (tertiary/aromatic N) is 3. The molecule has 0 unspecified atom stereocenters. The molecule has 0 fully saturated rings. The number of fused-ring (bicyclic) bond motifs is 1. The molecule has 8 heteroatoms. The van der Waals surface area contributed by atoms with E-state index in [1.807, 2.05) is 0 Å². The van der Waals surface area contributed by atoms with Crippen molar-refractivity contribution in [2.75, 3.05) is 30.9 Å². The molecule has 0 radical (unpaired) electrons. The van der Waals surface area contributed by atoms with Gasteiger partial charge in [0.25, 0.3) is 0 Å². The summed E-state index contributed by atoms with van der Waals surface area (Å²) in [7, 11) is 1.70. The second-order valence-corrected chi connectivity index (χ2v) is 4.25. The van der Waals surface area contributed by atoms with Gasteiger partial charge in [-0.15, -0.1) is 0 Å². The summed E-state index contributed by atoms with van der Waals surface area (Å²) in [5, 5.41) is 24.4. The summed E-state index contributed by atoms with van der Waals surface area (Å²) in [5.41, 5.74) is 0.273. The zero-order valence-electron chi connectivity index (χ0n) is 10.2. The van der Waals surface area contributed by atoms with Gasteiger partial charge in [0, 0.05) is 7.05 Å². The van der Waals surface area contributed by atoms with Gasteiger partial charge < -0.3 is 25.8 Å². The Kier molecular flexibility index (Phi) is 3.30. The van der Waals surface area contributed by atoms with Gasteiger partial charge in [-0.3, -0.25) is 0 Å². The van der Waals surface area contributed by atoms with Crippen LogP contribution in [0, 0.1) is 0 Å². The number of H-pyrrole nitrogens is 1. The first kappa shape index (κ1) is 12.5. The van der Waals surface area contributed by atoms with Crippen molar-refractivity contribution in [1.82, 2.24) is 19.9 Å². The fourth-order valence-electron chi connectivity index (χ4n) is 1.45. The summed E-state index contributed by atoms with van der Waals surface area (Å²) < 4.78 is 0. The molecule has 0 aliphatic heterocycles. The zero-order valence-corrected chi connectivity index (χ0v) is 10.2. The first-order valence-corrected chi connectivity index (χ1v) is 5.50. The largest absolute Gasteiger partial charge is 0.394 e. The number of anilines is 2. The molecule has 0 aliphatic rings. The summed E-state index contributed by atoms with van der Waals surface area (Å²) in [4.78, 5) is 15.4. The summed E-state index contributed by atoms with van der Waals surface area (Å²) in [6.45, 7) is 1.24. The molecule has 2 heterocycles. The van der Waals surface area contributed by atoms with Crippen molar-refractivity contribution in [2.45, 2.75) is 12.5 Å². The Morgan fingerprint density at radius 3 is 2.67 bits per heavy atom. The average molecular weight is 252 g/mol. The zero-order chi connectivity index (χ0) is 13.2. The van der Waals surface area contributed by atoms with Crippen LogP contribution in [0.25, 0.3) is 11.2 Å². The molecule has 0 bridgehead atoms. The molecule has 0 saturated carbocycles. The van der Waals surface area contributed by atoms with Crippen LogP contribution < -0.4 is 10.6 Å². The van der Waals surface area contributed by atoms with Crippen molar-refractivity contribution < 1.29 is 10.2 Å². The molecule has 0 aliphatic carbocycles. The van der Waals surface area contributed by atoms with Gasteiger partial charge in [-0.05, 0) is 6.92 Å². The standard InChI is InChI=1S/C10H16N6O2/c1-10(3-17,4-18)16-8-6-7(13-5-12-6)14-9(11-2)15-8/h5,17-18H,3-4H2,1-2H3,(H3,11,12,13,14,15,16). The first-order valence-electron chi connectivity index (χ1n) is 5.50. The molecule has 2 rings (SSSR count). The Hall–Kier alpha value is -1.93. The number of hydrogen-bond donors (Lipinski definition) is 5. The monoisotopic (exact) mass is 252 g/mol. The fourth-order valence-corrected chi connectivity index (χ4v) is 1.45. The molecule has 0 amide bonds. The van der Waals surface area contributed by atoms with Gasteiger partial charge in [0.15, 0.2) is 11.5 Å². The van der Waals surface area contributed by atoms with E-state index in [4.69, 9.17) is 0 Å². The lowest BCUT2D eigenvalue weighted by Crippen LogP contribution is -2.42. The second-order valence-electron chi connectivity index (χ2n) is 4.25. The number of aliphatic hydroxyl groups is 2. The summed E-state index contributed by atoms with van der Waals surface area (Å²) >= 11 is 0. The van der Waals surface area contributed by atoms with E-state index in [1.165, 1.54) is 6.33 Å². The quantitative estimate of drug-likeness (QED) is 0.489. The number of hydrogen-bond acceptors (Lipinski definition) is 7. The van der Waals surface area contributed by atoms with Crippen LogP contribution in [0.2, 0.25) is 0 Å². The predicted octanol–water partition coefficient (Wildman–Crippen LogP) is -0.450. The van der Waals surface area contributed by atoms with Crippen LogP contribution in [0.5, 0.6) is 0 Å². The van der Waals surface area contributed by atoms with Crippen molar-refractivity contribution >= 4 is 22.9 Å². The smallest absolute Gasteiger partial charge is 0.226 e. The number of imidazole rings is 1. The SMILES string of the molecule is CNc1nc(NC(C)(CO)CO)c2[nH]cnc2n1. The fraction of sp³-hybridized carbons (Fsp3) is 0.500. The van der Waals surface area contributed by atoms with Crippen LogP contribution in [0.3, 0.4) is 0 Å². The normalized spacial score (nSPS) is 11.8. The average Bonchev–Trinajstić information content (AvgIpc) is 2.86. The lowest BCUT2D eigenvalue weighted by Gasteiger charge is -2.26. The Morgan fingerprint density at radius 1 is 1.33 bits per heavy atom. The number of aromatic nitrogens is 4. The third kappa shape index (κ3) is 2.20. The Balaban J connectivity index is 2.45. The molecule has 0 saturated heterocycles. The van der Waals surface area contributed by atoms with Crippen LogP contribution in [-0.4, -0.2) is 55.9 Å². The number of rotatable bonds is 5. The Morgan fingerprint density at radius 2 is 2.06 bits per heavy atom. The van der Waals surface area contributed by atoms with Crippen LogP contribution in [0.4, 0.5) is 11.8 Å². The maximum Gasteiger partial charge on any atom is 0.226 e. The Bertz CT molecular complexity index is 536. The molecule has 0 atom stereocenters. The minimum absolute atomic E-state index is 0.224. The molecular weight excluding hydrogens is 236 g/mol. The lowest BCUT2D eigenvalue weighted by atomic mass is 10.1. The van der Waals surface area contributed by atoms with Crippen LogP contribution in [-0.2, 0) is 0 Å². The highest BCUT2D eigenvalue weighted by molar-refractivity contribution is 5.84. The van der Waals surface area contributed by atoms with Crippen LogP contribution in [0.1, 0.15) is 6.92 Å². The molecular formula is C10H16N6O2. The van der Waals surface area contributed by atoms with Gasteiger partial charge in [0.05, 0.1) is 25.1 Å². The van der Waals surface area contributed by atoms with E-state index in [0.29, 0.717) is 22.9 Å². The van der Waals surface area contributed by atoms with E-state index in [0.717, 1.165) is 0 Å². The lowest BCUT2D eigenvalue weighted by molar-refractivity contribution is 0.147. The highest BCUT2D eigenvalue weighted by Crippen LogP contribution is 2.21. The van der Waals surface area contributed by atoms with E-state index >= 15 is 0 Å². The highest BCUT2D eigenvalue weighted by Gasteiger charge is 2.24. The third-order valence-electron chi connectivity index (χ3n) is 2.63. The minimum Gasteiger partial charge on any atom is -0.394 e. The molecule has 2 aromatic rings. The highest BCUT2D eigenvalue weighted by atomic mass is 16.3. The van der Waals surface area contributed by atoms with E-state index < -0.39 is 5.54 Å². The van der Waals surface area contributed by atoms with Gasteiger partial charge in [0.2, 0.25) is 5.95 Å². The third-order valence-corrected chi connectivity index (χ3v) is 2.63. The van der Waals surface area contributed by atoms with Gasteiger partial charge in [-0.1, -0.05) is 0 Å². The minimum atomic E-state index is -0.864. The van der Waals surface area contributed by atoms with Crippen molar-refractivity contribution in [1.29, 1.82) is 0 Å². The second kappa shape index (κ2) is 4.75. The van der Waals surface area contributed by atoms with Gasteiger partial charge in [0.1, 0.15) is 5.52 Å². The molecule has 8 nitrogen and oxygen atoms in total. The Labute approximate surface area is 103 Å². The summed E-state index contributed by atoms with van der Waals surface area (Å²) in [6, 6.07) is 0. The molecule has 98 valence electrons. The van der Waals surface area contributed by atoms with E-state index in [2.05, 4.69) is 30.6 Å². The van der Waals surface area contributed by atoms with E-state index in [1.54, 1.807) is 14.0 Å². The van der Waals surface area contributed by atoms with Crippen LogP contribution in [0.15, 0.2) is 6.33 Å². The molecule has 2 aromatic heterocycles. The van der Waals surface area contributed by atoms with Crippen LogP contribution >= 0.6 is 0 Å². The maximum absolute atomic E-state index is 9.29. The number of nitrogens with one attached hydrogen (secondary N) is 3. The number of aromatic amines is 1. The molecule has 18 heavy (non-hydrogen) atoms. The van der Waals surface area contributed by atoms with E-state index in [-0.39, 0.29) is 13.2 Å². The van der Waals surface area contributed by atoms with Gasteiger partial charge in [-0.2, -0.15) is 9.97 Å². The maximum atomic E-state index is 9.29. The number of aliphatic hydroxyl groups excluding tert-OH is 2. The molecule has 5 N–H and O–H groups in total. The first-order chi connectivity index (χ1) is 8.61. The van der Waals surface area contributed by atoms with Crippen molar-refractivity contribution in [3.05, 3.63) is 6.33 Å². The molecule has 0 aromatic carbocycles. The summed E-state index contributed by atoms with van der Waals surface area (Å²) in [5.74, 6) is 0.891.